The summed E-state index contributed by atoms with van der Waals surface area (Å²) >= 11 is 0. The highest BCUT2D eigenvalue weighted by Crippen LogP contribution is 2.16. The van der Waals surface area contributed by atoms with Crippen LogP contribution in [0.3, 0.4) is 0 Å². The molecule has 1 heterocycles. The maximum absolute atomic E-state index is 12.4. The third-order valence-corrected chi connectivity index (χ3v) is 8.29. The van der Waals surface area contributed by atoms with E-state index in [4.69, 9.17) is 0 Å². The molecule has 8 nitrogen and oxygen atoms in total. The molecule has 0 aromatic heterocycles. The molecule has 0 bridgehead atoms. The summed E-state index contributed by atoms with van der Waals surface area (Å²) in [6.45, 7) is 9.60. The first-order chi connectivity index (χ1) is 10.2. The fourth-order valence-electron chi connectivity index (χ4n) is 2.56. The van der Waals surface area contributed by atoms with Crippen LogP contribution in [0.15, 0.2) is 0 Å². The van der Waals surface area contributed by atoms with E-state index < -0.39 is 20.4 Å². The van der Waals surface area contributed by atoms with Crippen molar-refractivity contribution in [2.24, 2.45) is 0 Å². The molecule has 1 aliphatic heterocycles. The van der Waals surface area contributed by atoms with Crippen molar-refractivity contribution in [2.75, 3.05) is 52.4 Å². The van der Waals surface area contributed by atoms with E-state index in [0.717, 1.165) is 0 Å². The minimum absolute atomic E-state index is 0.194. The molecule has 22 heavy (non-hydrogen) atoms. The van der Waals surface area contributed by atoms with Gasteiger partial charge in [0, 0.05) is 52.4 Å². The summed E-state index contributed by atoms with van der Waals surface area (Å²) < 4.78 is 55.2. The maximum atomic E-state index is 12.4. The molecule has 0 amide bonds. The summed E-state index contributed by atoms with van der Waals surface area (Å²) in [4.78, 5) is 0. The molecule has 1 rings (SSSR count). The molecule has 0 atom stereocenters. The van der Waals surface area contributed by atoms with E-state index in [9.17, 15) is 16.8 Å². The number of hydrogen-bond acceptors (Lipinski definition) is 4. The van der Waals surface area contributed by atoms with E-state index in [0.29, 0.717) is 26.2 Å². The minimum atomic E-state index is -3.49. The Labute approximate surface area is 135 Å². The average molecular weight is 357 g/mol. The average Bonchev–Trinajstić information content (AvgIpc) is 2.49. The number of nitrogens with zero attached hydrogens (tertiary/aromatic N) is 4. The third-order valence-electron chi connectivity index (χ3n) is 3.91. The van der Waals surface area contributed by atoms with Gasteiger partial charge in [-0.2, -0.15) is 34.1 Å². The second kappa shape index (κ2) is 8.02. The lowest BCUT2D eigenvalue weighted by molar-refractivity contribution is 0.243. The highest BCUT2D eigenvalue weighted by atomic mass is 32.2. The highest BCUT2D eigenvalue weighted by molar-refractivity contribution is 7.87. The molecule has 1 saturated heterocycles. The van der Waals surface area contributed by atoms with Gasteiger partial charge in [0.15, 0.2) is 0 Å². The van der Waals surface area contributed by atoms with Crippen molar-refractivity contribution in [3.05, 3.63) is 0 Å². The van der Waals surface area contributed by atoms with Gasteiger partial charge < -0.3 is 0 Å². The lowest BCUT2D eigenvalue weighted by Gasteiger charge is -2.37. The van der Waals surface area contributed by atoms with Crippen molar-refractivity contribution >= 4 is 20.4 Å². The van der Waals surface area contributed by atoms with Crippen LogP contribution in [0.5, 0.6) is 0 Å². The van der Waals surface area contributed by atoms with Crippen LogP contribution in [0.4, 0.5) is 0 Å². The zero-order valence-electron chi connectivity index (χ0n) is 13.9. The van der Waals surface area contributed by atoms with Crippen molar-refractivity contribution < 1.29 is 16.8 Å². The number of rotatable bonds is 8. The molecule has 0 aromatic carbocycles. The van der Waals surface area contributed by atoms with Crippen molar-refractivity contribution in [1.82, 2.24) is 17.2 Å². The Morgan fingerprint density at radius 1 is 0.636 bits per heavy atom. The molecule has 0 aliphatic carbocycles. The second-order valence-electron chi connectivity index (χ2n) is 4.98. The van der Waals surface area contributed by atoms with Gasteiger partial charge >= 0.3 is 0 Å². The van der Waals surface area contributed by atoms with E-state index in [1.807, 2.05) is 0 Å². The van der Waals surface area contributed by atoms with Crippen LogP contribution in [-0.2, 0) is 20.4 Å². The van der Waals surface area contributed by atoms with Crippen molar-refractivity contribution in [1.29, 1.82) is 0 Å². The smallest absolute Gasteiger partial charge is 0.195 e. The van der Waals surface area contributed by atoms with Crippen molar-refractivity contribution in [3.8, 4) is 0 Å². The Bertz CT molecular complexity index is 483. The van der Waals surface area contributed by atoms with Crippen molar-refractivity contribution in [2.45, 2.75) is 27.7 Å². The summed E-state index contributed by atoms with van der Waals surface area (Å²) in [5, 5.41) is 0. The standard InChI is InChI=1S/C12H28N4O4S2/c1-5-13(6-2)21(17,18)15-9-11-16(12-10-15)22(19,20)14(7-3)8-4/h5-12H2,1-4H3. The minimum Gasteiger partial charge on any atom is -0.195 e. The van der Waals surface area contributed by atoms with Gasteiger partial charge in [-0.05, 0) is 0 Å². The van der Waals surface area contributed by atoms with E-state index in [1.54, 1.807) is 27.7 Å². The first kappa shape index (κ1) is 19.8. The molecule has 0 spiro atoms. The molecule has 1 aliphatic rings. The fraction of sp³-hybridized carbons (Fsp3) is 1.00. The highest BCUT2D eigenvalue weighted by Gasteiger charge is 2.36. The Balaban J connectivity index is 2.79. The van der Waals surface area contributed by atoms with Gasteiger partial charge in [-0.15, -0.1) is 0 Å². The van der Waals surface area contributed by atoms with Gasteiger partial charge in [-0.25, -0.2) is 0 Å². The van der Waals surface area contributed by atoms with Crippen molar-refractivity contribution in [3.63, 3.8) is 0 Å². The Kier molecular flexibility index (Phi) is 7.21. The molecule has 0 radical (unpaired) electrons. The second-order valence-corrected chi connectivity index (χ2v) is 8.84. The Morgan fingerprint density at radius 2 is 0.864 bits per heavy atom. The molecular weight excluding hydrogens is 328 g/mol. The summed E-state index contributed by atoms with van der Waals surface area (Å²) in [6.07, 6.45) is 0. The van der Waals surface area contributed by atoms with E-state index in [2.05, 4.69) is 0 Å². The number of piperazine rings is 1. The summed E-state index contributed by atoms with van der Waals surface area (Å²) in [7, 11) is -6.99. The first-order valence-corrected chi connectivity index (χ1v) is 10.5. The first-order valence-electron chi connectivity index (χ1n) is 7.76. The van der Waals surface area contributed by atoms with Gasteiger partial charge in [0.2, 0.25) is 0 Å². The van der Waals surface area contributed by atoms with Crippen LogP contribution in [0, 0.1) is 0 Å². The topological polar surface area (TPSA) is 81.2 Å². The monoisotopic (exact) mass is 356 g/mol. The normalized spacial score (nSPS) is 19.2. The van der Waals surface area contributed by atoms with Crippen LogP contribution < -0.4 is 0 Å². The van der Waals surface area contributed by atoms with E-state index in [-0.39, 0.29) is 26.2 Å². The molecule has 1 fully saturated rings. The van der Waals surface area contributed by atoms with Gasteiger partial charge in [-0.1, -0.05) is 27.7 Å². The van der Waals surface area contributed by atoms with Crippen LogP contribution >= 0.6 is 0 Å². The number of hydrogen-bond donors (Lipinski definition) is 0. The Morgan fingerprint density at radius 3 is 1.05 bits per heavy atom. The predicted molar refractivity (Wildman–Crippen MR) is 86.8 cm³/mol. The van der Waals surface area contributed by atoms with E-state index in [1.165, 1.54) is 17.2 Å². The molecule has 0 unspecified atom stereocenters. The summed E-state index contributed by atoms with van der Waals surface area (Å²) in [5.41, 5.74) is 0. The lowest BCUT2D eigenvalue weighted by atomic mass is 10.4. The van der Waals surface area contributed by atoms with Crippen LogP contribution in [0.2, 0.25) is 0 Å². The Hall–Kier alpha value is -0.260. The van der Waals surface area contributed by atoms with Crippen LogP contribution in [0.25, 0.3) is 0 Å². The largest absolute Gasteiger partial charge is 0.282 e. The molecular formula is C12H28N4O4S2. The molecule has 0 N–H and O–H groups in total. The van der Waals surface area contributed by atoms with Crippen LogP contribution in [-0.4, -0.2) is 86.4 Å². The van der Waals surface area contributed by atoms with Gasteiger partial charge in [-0.3, -0.25) is 0 Å². The third kappa shape index (κ3) is 3.98. The van der Waals surface area contributed by atoms with Crippen LogP contribution in [0.1, 0.15) is 27.7 Å². The summed E-state index contributed by atoms with van der Waals surface area (Å²) in [5.74, 6) is 0. The fourth-order valence-corrected chi connectivity index (χ4v) is 5.77. The zero-order chi connectivity index (χ0) is 17.0. The quantitative estimate of drug-likeness (QED) is 0.602. The maximum Gasteiger partial charge on any atom is 0.282 e. The predicted octanol–water partition coefficient (Wildman–Crippen LogP) is -0.223. The van der Waals surface area contributed by atoms with Gasteiger partial charge in [0.25, 0.3) is 20.4 Å². The van der Waals surface area contributed by atoms with E-state index >= 15 is 0 Å². The molecule has 10 heteroatoms. The zero-order valence-corrected chi connectivity index (χ0v) is 15.5. The molecule has 0 saturated carbocycles. The summed E-state index contributed by atoms with van der Waals surface area (Å²) in [6, 6.07) is 0. The molecule has 0 aromatic rings. The lowest BCUT2D eigenvalue weighted by Crippen LogP contribution is -2.56. The molecule has 132 valence electrons. The van der Waals surface area contributed by atoms with Gasteiger partial charge in [0.1, 0.15) is 0 Å². The van der Waals surface area contributed by atoms with Gasteiger partial charge in [0.05, 0.1) is 0 Å². The SMILES string of the molecule is CCN(CC)S(=O)(=O)N1CCN(S(=O)(=O)N(CC)CC)CC1.